The van der Waals surface area contributed by atoms with Crippen LogP contribution in [-0.2, 0) is 11.3 Å². The van der Waals surface area contributed by atoms with Crippen molar-refractivity contribution in [1.82, 2.24) is 14.9 Å². The van der Waals surface area contributed by atoms with E-state index in [1.807, 2.05) is 47.9 Å². The van der Waals surface area contributed by atoms with E-state index in [4.69, 9.17) is 15.7 Å². The Labute approximate surface area is 190 Å². The van der Waals surface area contributed by atoms with Crippen LogP contribution in [0.4, 0.5) is 0 Å². The Hall–Kier alpha value is -4.64. The number of aromatic nitrogens is 2. The summed E-state index contributed by atoms with van der Waals surface area (Å²) in [7, 11) is 0. The zero-order valence-corrected chi connectivity index (χ0v) is 17.9. The normalized spacial score (nSPS) is 10.5. The number of fused-ring (bicyclic) bond motifs is 1. The van der Waals surface area contributed by atoms with Gasteiger partial charge in [0.25, 0.3) is 11.8 Å². The molecule has 0 saturated carbocycles. The minimum absolute atomic E-state index is 0.149. The van der Waals surface area contributed by atoms with Crippen molar-refractivity contribution in [2.24, 2.45) is 5.73 Å². The summed E-state index contributed by atoms with van der Waals surface area (Å²) < 4.78 is 7.34. The zero-order chi connectivity index (χ0) is 23.4. The first-order valence-corrected chi connectivity index (χ1v) is 10.2. The molecule has 0 aliphatic carbocycles. The molecule has 0 aliphatic rings. The van der Waals surface area contributed by atoms with Crippen LogP contribution >= 0.6 is 0 Å². The molecule has 0 atom stereocenters. The van der Waals surface area contributed by atoms with Gasteiger partial charge in [0.1, 0.15) is 12.1 Å². The average molecular weight is 439 g/mol. The lowest BCUT2D eigenvalue weighted by Crippen LogP contribution is -2.24. The molecule has 0 aliphatic heterocycles. The van der Waals surface area contributed by atoms with Crippen molar-refractivity contribution in [3.8, 4) is 17.5 Å². The molecular formula is C25H21N5O3. The Bertz CT molecular complexity index is 1400. The lowest BCUT2D eigenvalue weighted by molar-refractivity contribution is -0.119. The van der Waals surface area contributed by atoms with Crippen LogP contribution in [0.3, 0.4) is 0 Å². The van der Waals surface area contributed by atoms with E-state index in [-0.39, 0.29) is 19.1 Å². The van der Waals surface area contributed by atoms with Crippen LogP contribution in [0, 0.1) is 18.3 Å². The first-order chi connectivity index (χ1) is 15.9. The number of primary amides is 1. The highest BCUT2D eigenvalue weighted by atomic mass is 16.5. The van der Waals surface area contributed by atoms with E-state index in [1.54, 1.807) is 30.6 Å². The summed E-state index contributed by atoms with van der Waals surface area (Å²) in [5.74, 6) is -0.587. The lowest BCUT2D eigenvalue weighted by atomic mass is 10.1. The summed E-state index contributed by atoms with van der Waals surface area (Å²) in [6.45, 7) is 1.84. The van der Waals surface area contributed by atoms with Crippen molar-refractivity contribution < 1.29 is 14.3 Å². The molecule has 3 N–H and O–H groups in total. The second-order valence-electron chi connectivity index (χ2n) is 7.53. The van der Waals surface area contributed by atoms with E-state index < -0.39 is 5.91 Å². The van der Waals surface area contributed by atoms with Gasteiger partial charge in [-0.1, -0.05) is 18.2 Å². The predicted molar refractivity (Wildman–Crippen MR) is 123 cm³/mol. The fraction of sp³-hybridized carbons (Fsp3) is 0.120. The van der Waals surface area contributed by atoms with Crippen LogP contribution in [0.1, 0.15) is 27.0 Å². The number of amides is 2. The fourth-order valence-corrected chi connectivity index (χ4v) is 3.46. The van der Waals surface area contributed by atoms with Crippen LogP contribution < -0.4 is 15.8 Å². The smallest absolute Gasteiger partial charge is 0.255 e. The summed E-state index contributed by atoms with van der Waals surface area (Å²) in [6, 6.07) is 20.1. The molecule has 164 valence electrons. The van der Waals surface area contributed by atoms with Gasteiger partial charge in [0.15, 0.2) is 6.61 Å². The molecule has 0 unspecified atom stereocenters. The summed E-state index contributed by atoms with van der Waals surface area (Å²) in [5, 5.41) is 12.0. The molecule has 3 aromatic carbocycles. The van der Waals surface area contributed by atoms with E-state index in [0.717, 1.165) is 22.3 Å². The number of ether oxygens (including phenoxy) is 1. The van der Waals surface area contributed by atoms with Gasteiger partial charge in [-0.25, -0.2) is 4.98 Å². The number of nitrogens with two attached hydrogens (primary N) is 1. The molecule has 2 amide bonds. The first-order valence-electron chi connectivity index (χ1n) is 10.2. The third-order valence-corrected chi connectivity index (χ3v) is 5.09. The van der Waals surface area contributed by atoms with Crippen LogP contribution in [0.25, 0.3) is 16.7 Å². The summed E-state index contributed by atoms with van der Waals surface area (Å²) in [6.07, 6.45) is 1.74. The molecule has 4 aromatic rings. The van der Waals surface area contributed by atoms with Gasteiger partial charge in [0, 0.05) is 23.4 Å². The molecule has 0 radical (unpaired) electrons. The number of hydrogen-bond donors (Lipinski definition) is 2. The van der Waals surface area contributed by atoms with Crippen LogP contribution in [0.5, 0.6) is 5.75 Å². The summed E-state index contributed by atoms with van der Waals surface area (Å²) in [5.41, 5.74) is 10.4. The van der Waals surface area contributed by atoms with E-state index >= 15 is 0 Å². The van der Waals surface area contributed by atoms with Gasteiger partial charge in [0.2, 0.25) is 0 Å². The lowest BCUT2D eigenvalue weighted by Gasteiger charge is -2.12. The zero-order valence-electron chi connectivity index (χ0n) is 17.9. The third kappa shape index (κ3) is 4.83. The minimum Gasteiger partial charge on any atom is -0.483 e. The Morgan fingerprint density at radius 2 is 2.00 bits per heavy atom. The molecule has 1 aromatic heterocycles. The van der Waals surface area contributed by atoms with Crippen molar-refractivity contribution in [1.29, 1.82) is 5.26 Å². The number of aryl methyl sites for hydroxylation is 1. The Morgan fingerprint density at radius 1 is 1.15 bits per heavy atom. The van der Waals surface area contributed by atoms with Gasteiger partial charge >= 0.3 is 0 Å². The number of nitrogens with zero attached hydrogens (tertiary/aromatic N) is 3. The van der Waals surface area contributed by atoms with E-state index in [9.17, 15) is 9.59 Å². The van der Waals surface area contributed by atoms with E-state index in [0.29, 0.717) is 22.4 Å². The SMILES string of the molecule is Cc1ccc2c(c1)ncn2-c1cccc(C(=O)NCc2ccc(C#N)cc2OCC(N)=O)c1. The molecular weight excluding hydrogens is 418 g/mol. The molecule has 0 saturated heterocycles. The van der Waals surface area contributed by atoms with Crippen molar-refractivity contribution >= 4 is 22.8 Å². The maximum Gasteiger partial charge on any atom is 0.255 e. The third-order valence-electron chi connectivity index (χ3n) is 5.09. The number of carbonyl (C=O) groups is 2. The van der Waals surface area contributed by atoms with Crippen molar-refractivity contribution in [3.05, 3.63) is 89.2 Å². The maximum atomic E-state index is 12.8. The highest BCUT2D eigenvalue weighted by Gasteiger charge is 2.12. The topological polar surface area (TPSA) is 123 Å². The molecule has 8 heteroatoms. The van der Waals surface area contributed by atoms with Crippen LogP contribution in [-0.4, -0.2) is 28.0 Å². The minimum atomic E-state index is -0.633. The fourth-order valence-electron chi connectivity index (χ4n) is 3.46. The number of nitrogens with one attached hydrogen (secondary N) is 1. The molecule has 1 heterocycles. The Morgan fingerprint density at radius 3 is 2.79 bits per heavy atom. The van der Waals surface area contributed by atoms with Crippen molar-refractivity contribution in [2.75, 3.05) is 6.61 Å². The van der Waals surface area contributed by atoms with Gasteiger partial charge < -0.3 is 15.8 Å². The number of hydrogen-bond acceptors (Lipinski definition) is 5. The molecule has 0 fully saturated rings. The highest BCUT2D eigenvalue weighted by Crippen LogP contribution is 2.22. The van der Waals surface area contributed by atoms with Crippen molar-refractivity contribution in [2.45, 2.75) is 13.5 Å². The number of benzene rings is 3. The van der Waals surface area contributed by atoms with Crippen LogP contribution in [0.2, 0.25) is 0 Å². The number of carbonyl (C=O) groups excluding carboxylic acids is 2. The Balaban J connectivity index is 1.53. The quantitative estimate of drug-likeness (QED) is 0.458. The van der Waals surface area contributed by atoms with E-state index in [1.165, 1.54) is 6.07 Å². The largest absolute Gasteiger partial charge is 0.483 e. The van der Waals surface area contributed by atoms with E-state index in [2.05, 4.69) is 10.3 Å². The standard InChI is InChI=1S/C25H21N5O3/c1-16-5-8-22-21(9-16)29-15-30(22)20-4-2-3-18(11-20)25(32)28-13-19-7-6-17(12-26)10-23(19)33-14-24(27)31/h2-11,15H,13-14H2,1H3,(H2,27,31)(H,28,32). The number of rotatable bonds is 7. The van der Waals surface area contributed by atoms with Gasteiger partial charge in [-0.15, -0.1) is 0 Å². The molecule has 0 spiro atoms. The molecule has 8 nitrogen and oxygen atoms in total. The summed E-state index contributed by atoms with van der Waals surface area (Å²) in [4.78, 5) is 28.4. The van der Waals surface area contributed by atoms with Gasteiger partial charge in [-0.05, 0) is 55.0 Å². The monoisotopic (exact) mass is 439 g/mol. The number of imidazole rings is 1. The second-order valence-corrected chi connectivity index (χ2v) is 7.53. The predicted octanol–water partition coefficient (Wildman–Crippen LogP) is 3.00. The average Bonchev–Trinajstić information content (AvgIpc) is 3.24. The van der Waals surface area contributed by atoms with Crippen LogP contribution in [0.15, 0.2) is 67.0 Å². The molecule has 33 heavy (non-hydrogen) atoms. The first kappa shape index (κ1) is 21.6. The molecule has 0 bridgehead atoms. The number of nitriles is 1. The summed E-state index contributed by atoms with van der Waals surface area (Å²) >= 11 is 0. The second kappa shape index (κ2) is 9.24. The molecule has 4 rings (SSSR count). The maximum absolute atomic E-state index is 12.8. The Kier molecular flexibility index (Phi) is 6.04. The van der Waals surface area contributed by atoms with Gasteiger partial charge in [-0.3, -0.25) is 14.2 Å². The van der Waals surface area contributed by atoms with Gasteiger partial charge in [-0.2, -0.15) is 5.26 Å². The van der Waals surface area contributed by atoms with Crippen molar-refractivity contribution in [3.63, 3.8) is 0 Å². The van der Waals surface area contributed by atoms with Gasteiger partial charge in [0.05, 0.1) is 22.7 Å². The highest BCUT2D eigenvalue weighted by molar-refractivity contribution is 5.95.